The zero-order valence-corrected chi connectivity index (χ0v) is 30.1. The number of oxazole rings is 1. The highest BCUT2D eigenvalue weighted by molar-refractivity contribution is 7.26. The van der Waals surface area contributed by atoms with Gasteiger partial charge in [0.25, 0.3) is 0 Å². The van der Waals surface area contributed by atoms with Gasteiger partial charge in [0.1, 0.15) is 11.1 Å². The first-order valence-electron chi connectivity index (χ1n) is 18.4. The Morgan fingerprint density at radius 1 is 0.491 bits per heavy atom. The van der Waals surface area contributed by atoms with Crippen LogP contribution in [0.1, 0.15) is 0 Å². The van der Waals surface area contributed by atoms with Crippen LogP contribution >= 0.6 is 11.3 Å². The predicted molar refractivity (Wildman–Crippen MR) is 229 cm³/mol. The molecule has 0 fully saturated rings. The molecule has 0 aliphatic heterocycles. The summed E-state index contributed by atoms with van der Waals surface area (Å²) >= 11 is 1.82. The van der Waals surface area contributed by atoms with Crippen LogP contribution in [-0.4, -0.2) is 9.55 Å². The second-order valence-electron chi connectivity index (χ2n) is 13.9. The maximum absolute atomic E-state index is 6.90. The van der Waals surface area contributed by atoms with Gasteiger partial charge in [0.05, 0.1) is 27.8 Å². The molecule has 0 N–H and O–H groups in total. The van der Waals surface area contributed by atoms with E-state index in [0.29, 0.717) is 11.5 Å². The van der Waals surface area contributed by atoms with Gasteiger partial charge in [-0.05, 0) is 78.9 Å². The molecule has 0 aliphatic carbocycles. The lowest BCUT2D eigenvalue weighted by atomic mass is 10.0. The van der Waals surface area contributed by atoms with E-state index in [4.69, 9.17) is 13.8 Å². The number of aromatic nitrogens is 2. The van der Waals surface area contributed by atoms with E-state index in [1.807, 2.05) is 53.8 Å². The molecule has 0 spiro atoms. The van der Waals surface area contributed by atoms with Gasteiger partial charge in [0.2, 0.25) is 5.89 Å². The molecule has 55 heavy (non-hydrogen) atoms. The molecule has 4 aromatic heterocycles. The average Bonchev–Trinajstić information content (AvgIpc) is 4.02. The van der Waals surface area contributed by atoms with E-state index in [9.17, 15) is 0 Å². The molecule has 12 aromatic rings. The van der Waals surface area contributed by atoms with Crippen molar-refractivity contribution >= 4 is 103 Å². The number of rotatable bonds is 5. The average molecular weight is 724 g/mol. The fourth-order valence-corrected chi connectivity index (χ4v) is 9.56. The maximum atomic E-state index is 6.90. The van der Waals surface area contributed by atoms with Gasteiger partial charge < -0.3 is 18.3 Å². The lowest BCUT2D eigenvalue weighted by Gasteiger charge is -2.27. The molecule has 0 amide bonds. The van der Waals surface area contributed by atoms with Gasteiger partial charge in [-0.2, -0.15) is 0 Å². The first-order chi connectivity index (χ1) is 27.3. The van der Waals surface area contributed by atoms with Crippen LogP contribution in [0.2, 0.25) is 0 Å². The smallest absolute Gasteiger partial charge is 0.227 e. The van der Waals surface area contributed by atoms with Crippen molar-refractivity contribution in [2.75, 3.05) is 4.90 Å². The van der Waals surface area contributed by atoms with Crippen molar-refractivity contribution < 1.29 is 8.83 Å². The van der Waals surface area contributed by atoms with Crippen LogP contribution in [0.15, 0.2) is 185 Å². The van der Waals surface area contributed by atoms with E-state index >= 15 is 0 Å². The second-order valence-corrected chi connectivity index (χ2v) is 15.0. The van der Waals surface area contributed by atoms with E-state index in [1.165, 1.54) is 30.9 Å². The standard InChI is InChI=1S/C49H29N3O2S/c1-3-14-30(15-4-1)49-50-37-29-41(48-46(47(37)54-49)34-19-8-11-23-42(34)53-48)52(40-22-13-25-44-45(40)35-20-9-12-24-43(35)55-44)32-26-27-39-36(28-32)33-18-7-10-21-38(33)51(39)31-16-5-2-6-17-31/h1-29H. The summed E-state index contributed by atoms with van der Waals surface area (Å²) in [6.07, 6.45) is 0. The fraction of sp³-hybridized carbons (Fsp3) is 0. The van der Waals surface area contributed by atoms with Crippen molar-refractivity contribution in [3.8, 4) is 17.1 Å². The topological polar surface area (TPSA) is 47.3 Å². The number of fused-ring (bicyclic) bond motifs is 11. The Morgan fingerprint density at radius 3 is 2.07 bits per heavy atom. The number of hydrogen-bond donors (Lipinski definition) is 0. The predicted octanol–water partition coefficient (Wildman–Crippen LogP) is 14.3. The van der Waals surface area contributed by atoms with Gasteiger partial charge >= 0.3 is 0 Å². The Bertz CT molecular complexity index is 3450. The van der Waals surface area contributed by atoms with Crippen molar-refractivity contribution in [3.05, 3.63) is 176 Å². The molecule has 0 saturated heterocycles. The van der Waals surface area contributed by atoms with Crippen LogP contribution in [0.3, 0.4) is 0 Å². The Balaban J connectivity index is 1.21. The molecule has 12 rings (SSSR count). The van der Waals surface area contributed by atoms with Crippen molar-refractivity contribution in [1.82, 2.24) is 9.55 Å². The molecule has 0 radical (unpaired) electrons. The Labute approximate surface area is 318 Å². The fourth-order valence-electron chi connectivity index (χ4n) is 8.43. The van der Waals surface area contributed by atoms with Crippen molar-refractivity contribution in [1.29, 1.82) is 0 Å². The Hall–Kier alpha value is -7.15. The SMILES string of the molecule is c1ccc(-c2nc3cc(N(c4ccc5c(c4)c4ccccc4n5-c4ccccc4)c4cccc5sc6ccccc6c45)c4oc5ccccc5c4c3o2)cc1. The van der Waals surface area contributed by atoms with Crippen LogP contribution in [0.25, 0.3) is 92.2 Å². The minimum atomic E-state index is 0.576. The summed E-state index contributed by atoms with van der Waals surface area (Å²) in [5.41, 5.74) is 10.3. The number of benzene rings is 8. The van der Waals surface area contributed by atoms with Gasteiger partial charge in [0, 0.05) is 53.3 Å². The van der Waals surface area contributed by atoms with E-state index in [-0.39, 0.29) is 0 Å². The minimum absolute atomic E-state index is 0.576. The normalized spacial score (nSPS) is 12.0. The number of anilines is 3. The van der Waals surface area contributed by atoms with Gasteiger partial charge in [-0.3, -0.25) is 0 Å². The van der Waals surface area contributed by atoms with E-state index in [1.54, 1.807) is 0 Å². The number of hydrogen-bond acceptors (Lipinski definition) is 5. The van der Waals surface area contributed by atoms with Crippen molar-refractivity contribution in [2.45, 2.75) is 0 Å². The molecular formula is C49H29N3O2S. The molecule has 0 saturated carbocycles. The van der Waals surface area contributed by atoms with Crippen LogP contribution in [-0.2, 0) is 0 Å². The van der Waals surface area contributed by atoms with Crippen LogP contribution in [0.5, 0.6) is 0 Å². The first-order valence-corrected chi connectivity index (χ1v) is 19.2. The number of nitrogens with zero attached hydrogens (tertiary/aromatic N) is 3. The summed E-state index contributed by atoms with van der Waals surface area (Å²) in [6, 6.07) is 61.9. The summed E-state index contributed by atoms with van der Waals surface area (Å²) in [4.78, 5) is 7.52. The van der Waals surface area contributed by atoms with Gasteiger partial charge in [-0.1, -0.05) is 97.1 Å². The quantitative estimate of drug-likeness (QED) is 0.177. The monoisotopic (exact) mass is 723 g/mol. The first kappa shape index (κ1) is 30.3. The molecule has 0 aliphatic rings. The number of furan rings is 1. The summed E-state index contributed by atoms with van der Waals surface area (Å²) in [6.45, 7) is 0. The van der Waals surface area contributed by atoms with E-state index in [2.05, 4.69) is 143 Å². The van der Waals surface area contributed by atoms with Gasteiger partial charge in [-0.25, -0.2) is 4.98 Å². The maximum Gasteiger partial charge on any atom is 0.227 e. The third-order valence-corrected chi connectivity index (χ3v) is 11.9. The molecule has 0 bridgehead atoms. The third-order valence-electron chi connectivity index (χ3n) is 10.8. The summed E-state index contributed by atoms with van der Waals surface area (Å²) < 4.78 is 18.4. The second kappa shape index (κ2) is 11.7. The summed E-state index contributed by atoms with van der Waals surface area (Å²) in [7, 11) is 0. The summed E-state index contributed by atoms with van der Waals surface area (Å²) in [5, 5.41) is 6.67. The molecule has 0 atom stereocenters. The Morgan fingerprint density at radius 2 is 1.20 bits per heavy atom. The molecule has 5 nitrogen and oxygen atoms in total. The molecular weight excluding hydrogens is 695 g/mol. The minimum Gasteiger partial charge on any atom is -0.454 e. The lowest BCUT2D eigenvalue weighted by molar-refractivity contribution is 0.622. The Kier molecular flexibility index (Phi) is 6.44. The molecule has 4 heterocycles. The van der Waals surface area contributed by atoms with E-state index in [0.717, 1.165) is 66.8 Å². The lowest BCUT2D eigenvalue weighted by Crippen LogP contribution is -2.11. The zero-order chi connectivity index (χ0) is 36.0. The van der Waals surface area contributed by atoms with Gasteiger partial charge in [-0.15, -0.1) is 11.3 Å². The number of para-hydroxylation sites is 3. The van der Waals surface area contributed by atoms with E-state index < -0.39 is 0 Å². The van der Waals surface area contributed by atoms with Crippen LogP contribution in [0, 0.1) is 0 Å². The molecule has 0 unspecified atom stereocenters. The highest BCUT2D eigenvalue weighted by Gasteiger charge is 2.27. The molecule has 6 heteroatoms. The zero-order valence-electron chi connectivity index (χ0n) is 29.3. The van der Waals surface area contributed by atoms with Gasteiger partial charge in [0.15, 0.2) is 11.2 Å². The number of thiophene rings is 1. The van der Waals surface area contributed by atoms with Crippen LogP contribution in [0.4, 0.5) is 17.1 Å². The summed E-state index contributed by atoms with van der Waals surface area (Å²) in [5.74, 6) is 0.576. The largest absolute Gasteiger partial charge is 0.454 e. The van der Waals surface area contributed by atoms with Crippen molar-refractivity contribution in [3.63, 3.8) is 0 Å². The highest BCUT2D eigenvalue weighted by atomic mass is 32.1. The van der Waals surface area contributed by atoms with Crippen molar-refractivity contribution in [2.24, 2.45) is 0 Å². The highest BCUT2D eigenvalue weighted by Crippen LogP contribution is 2.50. The third kappa shape index (κ3) is 4.49. The molecule has 258 valence electrons. The van der Waals surface area contributed by atoms with Crippen LogP contribution < -0.4 is 4.90 Å². The molecule has 8 aromatic carbocycles.